The maximum Gasteiger partial charge on any atom is 0.573 e. The number of halogens is 4. The van der Waals surface area contributed by atoms with E-state index in [0.717, 1.165) is 12.1 Å². The van der Waals surface area contributed by atoms with Gasteiger partial charge < -0.3 is 9.47 Å². The predicted octanol–water partition coefficient (Wildman–Crippen LogP) is 2.91. The highest BCUT2D eigenvalue weighted by Gasteiger charge is 2.35. The van der Waals surface area contributed by atoms with Crippen LogP contribution in [0.25, 0.3) is 0 Å². The Balaban J connectivity index is 3.39. The van der Waals surface area contributed by atoms with Gasteiger partial charge in [0, 0.05) is 10.7 Å². The Labute approximate surface area is 106 Å². The summed E-state index contributed by atoms with van der Waals surface area (Å²) < 4.78 is 67.5. The van der Waals surface area contributed by atoms with Crippen LogP contribution in [0.5, 0.6) is 11.5 Å². The Morgan fingerprint density at radius 2 is 1.94 bits per heavy atom. The standard InChI is InChI=1S/C9H8ClF3O4S/c1-2-16-6-4-3-5-7(18(10,14)15)8(6)17-9(11,12)13/h3-5H,2H2,1H3. The number of para-hydroxylation sites is 1. The Kier molecular flexibility index (Phi) is 4.33. The Hall–Kier alpha value is -1.15. The third-order valence-corrected chi connectivity index (χ3v) is 3.07. The van der Waals surface area contributed by atoms with E-state index in [0.29, 0.717) is 0 Å². The molecule has 0 radical (unpaired) electrons. The lowest BCUT2D eigenvalue weighted by Crippen LogP contribution is -2.19. The molecule has 0 unspecified atom stereocenters. The van der Waals surface area contributed by atoms with E-state index in [9.17, 15) is 21.6 Å². The molecule has 4 nitrogen and oxygen atoms in total. The number of ether oxygens (including phenoxy) is 2. The molecule has 0 atom stereocenters. The Morgan fingerprint density at radius 3 is 2.39 bits per heavy atom. The smallest absolute Gasteiger partial charge is 0.490 e. The van der Waals surface area contributed by atoms with Crippen molar-refractivity contribution < 1.29 is 31.1 Å². The van der Waals surface area contributed by atoms with E-state index in [1.54, 1.807) is 0 Å². The van der Waals surface area contributed by atoms with Crippen LogP contribution in [-0.2, 0) is 9.05 Å². The first-order valence-electron chi connectivity index (χ1n) is 4.61. The summed E-state index contributed by atoms with van der Waals surface area (Å²) in [6.45, 7) is 1.57. The van der Waals surface area contributed by atoms with Gasteiger partial charge in [-0.3, -0.25) is 0 Å². The highest BCUT2D eigenvalue weighted by atomic mass is 35.7. The summed E-state index contributed by atoms with van der Waals surface area (Å²) in [5.74, 6) is -1.32. The van der Waals surface area contributed by atoms with Gasteiger partial charge >= 0.3 is 6.36 Å². The Morgan fingerprint density at radius 1 is 1.33 bits per heavy atom. The monoisotopic (exact) mass is 304 g/mol. The minimum atomic E-state index is -5.05. The zero-order valence-electron chi connectivity index (χ0n) is 8.99. The predicted molar refractivity (Wildman–Crippen MR) is 57.3 cm³/mol. The molecular weight excluding hydrogens is 297 g/mol. The van der Waals surface area contributed by atoms with E-state index in [1.807, 2.05) is 0 Å². The lowest BCUT2D eigenvalue weighted by molar-refractivity contribution is -0.276. The van der Waals surface area contributed by atoms with Gasteiger partial charge in [0.05, 0.1) is 6.61 Å². The molecule has 0 bridgehead atoms. The van der Waals surface area contributed by atoms with Crippen LogP contribution in [0.3, 0.4) is 0 Å². The van der Waals surface area contributed by atoms with E-state index in [-0.39, 0.29) is 12.4 Å². The first kappa shape index (κ1) is 14.9. The van der Waals surface area contributed by atoms with Crippen molar-refractivity contribution >= 4 is 19.7 Å². The van der Waals surface area contributed by atoms with Gasteiger partial charge in [-0.15, -0.1) is 13.2 Å². The van der Waals surface area contributed by atoms with Crippen LogP contribution in [0.1, 0.15) is 6.92 Å². The fourth-order valence-electron chi connectivity index (χ4n) is 1.17. The quantitative estimate of drug-likeness (QED) is 0.803. The van der Waals surface area contributed by atoms with Gasteiger partial charge in [0.15, 0.2) is 11.5 Å². The first-order chi connectivity index (χ1) is 8.15. The van der Waals surface area contributed by atoms with E-state index in [2.05, 4.69) is 4.74 Å². The summed E-state index contributed by atoms with van der Waals surface area (Å²) in [7, 11) is 0.655. The maximum atomic E-state index is 12.2. The fourth-order valence-corrected chi connectivity index (χ4v) is 2.14. The number of benzene rings is 1. The van der Waals surface area contributed by atoms with Gasteiger partial charge in [0.2, 0.25) is 0 Å². The third kappa shape index (κ3) is 3.95. The molecule has 0 aliphatic rings. The van der Waals surface area contributed by atoms with Crippen molar-refractivity contribution in [2.75, 3.05) is 6.61 Å². The molecular formula is C9H8ClF3O4S. The van der Waals surface area contributed by atoms with Crippen molar-refractivity contribution in [1.82, 2.24) is 0 Å². The summed E-state index contributed by atoms with van der Waals surface area (Å²) in [6.07, 6.45) is -5.05. The van der Waals surface area contributed by atoms with Crippen molar-refractivity contribution in [2.45, 2.75) is 18.2 Å². The molecule has 0 amide bonds. The molecule has 0 N–H and O–H groups in total. The molecule has 0 heterocycles. The number of hydrogen-bond acceptors (Lipinski definition) is 4. The van der Waals surface area contributed by atoms with E-state index < -0.39 is 26.1 Å². The van der Waals surface area contributed by atoms with E-state index in [1.165, 1.54) is 13.0 Å². The molecule has 0 fully saturated rings. The van der Waals surface area contributed by atoms with Crippen LogP contribution in [0.15, 0.2) is 23.1 Å². The molecule has 102 valence electrons. The second-order valence-corrected chi connectivity index (χ2v) is 5.54. The molecule has 0 spiro atoms. The molecule has 0 saturated heterocycles. The second-order valence-electron chi connectivity index (χ2n) is 3.00. The van der Waals surface area contributed by atoms with Crippen LogP contribution < -0.4 is 9.47 Å². The van der Waals surface area contributed by atoms with Gasteiger partial charge in [-0.2, -0.15) is 0 Å². The van der Waals surface area contributed by atoms with Crippen molar-refractivity contribution in [2.24, 2.45) is 0 Å². The topological polar surface area (TPSA) is 52.6 Å². The van der Waals surface area contributed by atoms with Crippen LogP contribution in [0.2, 0.25) is 0 Å². The zero-order valence-corrected chi connectivity index (χ0v) is 10.6. The molecule has 0 aliphatic carbocycles. The highest BCUT2D eigenvalue weighted by molar-refractivity contribution is 8.13. The fraction of sp³-hybridized carbons (Fsp3) is 0.333. The van der Waals surface area contributed by atoms with Gasteiger partial charge in [0.25, 0.3) is 9.05 Å². The minimum absolute atomic E-state index is 0.0417. The van der Waals surface area contributed by atoms with Crippen molar-refractivity contribution in [3.05, 3.63) is 18.2 Å². The number of hydrogen-bond donors (Lipinski definition) is 0. The van der Waals surface area contributed by atoms with Crippen LogP contribution in [0.4, 0.5) is 13.2 Å². The molecule has 18 heavy (non-hydrogen) atoms. The molecule has 1 rings (SSSR count). The molecule has 1 aromatic rings. The van der Waals surface area contributed by atoms with Gasteiger partial charge in [-0.05, 0) is 19.1 Å². The lowest BCUT2D eigenvalue weighted by atomic mass is 10.3. The summed E-state index contributed by atoms with van der Waals surface area (Å²) in [5, 5.41) is 0. The minimum Gasteiger partial charge on any atom is -0.490 e. The molecule has 1 aromatic carbocycles. The zero-order chi connectivity index (χ0) is 14.0. The normalized spacial score (nSPS) is 12.3. The number of rotatable bonds is 4. The van der Waals surface area contributed by atoms with Crippen LogP contribution in [0, 0.1) is 0 Å². The molecule has 0 saturated carbocycles. The third-order valence-electron chi connectivity index (χ3n) is 1.72. The largest absolute Gasteiger partial charge is 0.573 e. The lowest BCUT2D eigenvalue weighted by Gasteiger charge is -2.15. The van der Waals surface area contributed by atoms with E-state index >= 15 is 0 Å². The summed E-state index contributed by atoms with van der Waals surface area (Å²) in [5.41, 5.74) is 0. The molecule has 0 aromatic heterocycles. The molecule has 9 heteroatoms. The average Bonchev–Trinajstić information content (AvgIpc) is 2.17. The average molecular weight is 305 g/mol. The second kappa shape index (κ2) is 5.23. The van der Waals surface area contributed by atoms with Gasteiger partial charge in [-0.25, -0.2) is 8.42 Å². The molecule has 0 aliphatic heterocycles. The van der Waals surface area contributed by atoms with Crippen molar-refractivity contribution in [1.29, 1.82) is 0 Å². The van der Waals surface area contributed by atoms with Crippen molar-refractivity contribution in [3.63, 3.8) is 0 Å². The van der Waals surface area contributed by atoms with Crippen molar-refractivity contribution in [3.8, 4) is 11.5 Å². The van der Waals surface area contributed by atoms with Gasteiger partial charge in [-0.1, -0.05) is 6.07 Å². The van der Waals surface area contributed by atoms with Crippen LogP contribution >= 0.6 is 10.7 Å². The summed E-state index contributed by atoms with van der Waals surface area (Å²) >= 11 is 0. The van der Waals surface area contributed by atoms with E-state index in [4.69, 9.17) is 15.4 Å². The van der Waals surface area contributed by atoms with Gasteiger partial charge in [0.1, 0.15) is 4.90 Å². The summed E-state index contributed by atoms with van der Waals surface area (Å²) in [6, 6.07) is 3.24. The van der Waals surface area contributed by atoms with Crippen LogP contribution in [-0.4, -0.2) is 21.4 Å². The summed E-state index contributed by atoms with van der Waals surface area (Å²) in [4.78, 5) is -0.799. The highest BCUT2D eigenvalue weighted by Crippen LogP contribution is 2.39. The first-order valence-corrected chi connectivity index (χ1v) is 6.92. The SMILES string of the molecule is CCOc1cccc(S(=O)(=O)Cl)c1OC(F)(F)F. The number of alkyl halides is 3. The Bertz CT molecular complexity index is 527. The maximum absolute atomic E-state index is 12.2.